The fraction of sp³-hybridized carbons (Fsp3) is 0.440. The summed E-state index contributed by atoms with van der Waals surface area (Å²) in [6.45, 7) is 11.1. The van der Waals surface area contributed by atoms with E-state index in [0.717, 1.165) is 24.0 Å². The first-order chi connectivity index (χ1) is 13.8. The Bertz CT molecular complexity index is 827. The van der Waals surface area contributed by atoms with Gasteiger partial charge in [0.25, 0.3) is 0 Å². The average molecular weight is 395 g/mol. The van der Waals surface area contributed by atoms with Crippen LogP contribution < -0.4 is 5.32 Å². The molecule has 1 atom stereocenters. The molecule has 156 valence electrons. The van der Waals surface area contributed by atoms with Crippen LogP contribution in [0, 0.1) is 20.8 Å². The first kappa shape index (κ1) is 22.7. The van der Waals surface area contributed by atoms with E-state index in [-0.39, 0.29) is 11.8 Å². The van der Waals surface area contributed by atoms with Gasteiger partial charge >= 0.3 is 0 Å². The zero-order chi connectivity index (χ0) is 21.4. The predicted octanol–water partition coefficient (Wildman–Crippen LogP) is 4.49. The van der Waals surface area contributed by atoms with Crippen molar-refractivity contribution >= 4 is 11.8 Å². The van der Waals surface area contributed by atoms with Gasteiger partial charge in [-0.2, -0.15) is 0 Å². The number of unbranched alkanes of at least 4 members (excludes halogenated alkanes) is 1. The van der Waals surface area contributed by atoms with Gasteiger partial charge in [0.15, 0.2) is 0 Å². The van der Waals surface area contributed by atoms with E-state index in [1.807, 2.05) is 50.2 Å². The Morgan fingerprint density at radius 1 is 0.966 bits per heavy atom. The minimum atomic E-state index is -0.521. The second-order valence-corrected chi connectivity index (χ2v) is 7.92. The van der Waals surface area contributed by atoms with Crippen molar-refractivity contribution < 1.29 is 9.59 Å². The second kappa shape index (κ2) is 10.8. The van der Waals surface area contributed by atoms with E-state index in [9.17, 15) is 9.59 Å². The van der Waals surface area contributed by atoms with E-state index in [1.165, 1.54) is 16.7 Å². The third-order valence-electron chi connectivity index (χ3n) is 5.40. The van der Waals surface area contributed by atoms with Crippen molar-refractivity contribution in [3.63, 3.8) is 0 Å². The van der Waals surface area contributed by atoms with Gasteiger partial charge in [-0.05, 0) is 56.4 Å². The molecule has 1 N–H and O–H groups in total. The Balaban J connectivity index is 2.19. The zero-order valence-corrected chi connectivity index (χ0v) is 18.4. The van der Waals surface area contributed by atoms with Crippen molar-refractivity contribution in [3.8, 4) is 0 Å². The number of carbonyl (C=O) groups is 2. The molecule has 0 aliphatic carbocycles. The quantitative estimate of drug-likeness (QED) is 0.637. The molecule has 4 heteroatoms. The molecule has 2 rings (SSSR count). The number of amides is 2. The first-order valence-electron chi connectivity index (χ1n) is 10.5. The lowest BCUT2D eigenvalue weighted by Crippen LogP contribution is -2.48. The van der Waals surface area contributed by atoms with Crippen LogP contribution in [0.3, 0.4) is 0 Å². The van der Waals surface area contributed by atoms with Gasteiger partial charge in [-0.3, -0.25) is 9.59 Å². The average Bonchev–Trinajstić information content (AvgIpc) is 2.69. The SMILES string of the molecule is CCCCNC(=O)[C@H](C)N(Cc1ccc(C)cc1)C(=O)Cc1ccc(C)c(C)c1. The topological polar surface area (TPSA) is 49.4 Å². The van der Waals surface area contributed by atoms with Crippen LogP contribution in [0.4, 0.5) is 0 Å². The van der Waals surface area contributed by atoms with Gasteiger partial charge in [-0.25, -0.2) is 0 Å². The third-order valence-corrected chi connectivity index (χ3v) is 5.40. The van der Waals surface area contributed by atoms with E-state index in [2.05, 4.69) is 32.2 Å². The molecule has 0 fully saturated rings. The van der Waals surface area contributed by atoms with Crippen LogP contribution >= 0.6 is 0 Å². The van der Waals surface area contributed by atoms with Gasteiger partial charge in [0.2, 0.25) is 11.8 Å². The normalized spacial score (nSPS) is 11.8. The molecule has 0 unspecified atom stereocenters. The van der Waals surface area contributed by atoms with Crippen molar-refractivity contribution in [3.05, 3.63) is 70.3 Å². The van der Waals surface area contributed by atoms with Gasteiger partial charge in [0.1, 0.15) is 6.04 Å². The molecular weight excluding hydrogens is 360 g/mol. The minimum absolute atomic E-state index is 0.0352. The standard InChI is InChI=1S/C25H34N2O2/c1-6-7-14-26-25(29)21(5)27(17-22-11-8-18(2)9-12-22)24(28)16-23-13-10-19(3)20(4)15-23/h8-13,15,21H,6-7,14,16-17H2,1-5H3,(H,26,29)/t21-/m0/s1. The Morgan fingerprint density at radius 3 is 2.24 bits per heavy atom. The third kappa shape index (κ3) is 6.74. The lowest BCUT2D eigenvalue weighted by Gasteiger charge is -2.29. The number of nitrogens with zero attached hydrogens (tertiary/aromatic N) is 1. The Morgan fingerprint density at radius 2 is 1.62 bits per heavy atom. The molecule has 0 heterocycles. The number of hydrogen-bond donors (Lipinski definition) is 1. The highest BCUT2D eigenvalue weighted by Gasteiger charge is 2.26. The molecule has 2 amide bonds. The fourth-order valence-corrected chi connectivity index (χ4v) is 3.20. The molecule has 2 aromatic rings. The van der Waals surface area contributed by atoms with Gasteiger partial charge in [-0.15, -0.1) is 0 Å². The molecule has 2 aromatic carbocycles. The summed E-state index contributed by atoms with van der Waals surface area (Å²) >= 11 is 0. The van der Waals surface area contributed by atoms with Crippen LogP contribution in [-0.4, -0.2) is 29.3 Å². The van der Waals surface area contributed by atoms with Crippen LogP contribution in [0.1, 0.15) is 54.5 Å². The van der Waals surface area contributed by atoms with Crippen LogP contribution in [0.25, 0.3) is 0 Å². The van der Waals surface area contributed by atoms with Crippen LogP contribution in [0.15, 0.2) is 42.5 Å². The Labute approximate surface area is 175 Å². The van der Waals surface area contributed by atoms with Crippen molar-refractivity contribution in [2.75, 3.05) is 6.54 Å². The number of aryl methyl sites for hydroxylation is 3. The molecule has 0 aliphatic heterocycles. The van der Waals surface area contributed by atoms with E-state index in [0.29, 0.717) is 19.5 Å². The molecule has 4 nitrogen and oxygen atoms in total. The molecule has 0 aromatic heterocycles. The maximum Gasteiger partial charge on any atom is 0.242 e. The molecule has 0 aliphatic rings. The van der Waals surface area contributed by atoms with Crippen LogP contribution in [-0.2, 0) is 22.6 Å². The molecule has 0 radical (unpaired) electrons. The summed E-state index contributed by atoms with van der Waals surface area (Å²) in [6, 6.07) is 13.7. The lowest BCUT2D eigenvalue weighted by atomic mass is 10.0. The smallest absolute Gasteiger partial charge is 0.242 e. The second-order valence-electron chi connectivity index (χ2n) is 7.92. The largest absolute Gasteiger partial charge is 0.354 e. The van der Waals surface area contributed by atoms with Gasteiger partial charge < -0.3 is 10.2 Å². The minimum Gasteiger partial charge on any atom is -0.354 e. The molecule has 29 heavy (non-hydrogen) atoms. The molecule has 0 spiro atoms. The molecule has 0 bridgehead atoms. The van der Waals surface area contributed by atoms with Crippen molar-refractivity contribution in [2.45, 2.75) is 66.5 Å². The van der Waals surface area contributed by atoms with Gasteiger partial charge in [0, 0.05) is 13.1 Å². The molecular formula is C25H34N2O2. The van der Waals surface area contributed by atoms with Gasteiger partial charge in [0.05, 0.1) is 6.42 Å². The van der Waals surface area contributed by atoms with Gasteiger partial charge in [-0.1, -0.05) is 61.4 Å². The highest BCUT2D eigenvalue weighted by atomic mass is 16.2. The maximum atomic E-state index is 13.2. The number of carbonyl (C=O) groups excluding carboxylic acids is 2. The van der Waals surface area contributed by atoms with E-state index < -0.39 is 6.04 Å². The summed E-state index contributed by atoms with van der Waals surface area (Å²) in [6.07, 6.45) is 2.25. The maximum absolute atomic E-state index is 13.2. The monoisotopic (exact) mass is 394 g/mol. The Kier molecular flexibility index (Phi) is 8.44. The molecule has 0 saturated heterocycles. The number of hydrogen-bond acceptors (Lipinski definition) is 2. The Hall–Kier alpha value is -2.62. The summed E-state index contributed by atoms with van der Waals surface area (Å²) < 4.78 is 0. The van der Waals surface area contributed by atoms with Crippen molar-refractivity contribution in [1.82, 2.24) is 10.2 Å². The summed E-state index contributed by atoms with van der Waals surface area (Å²) in [7, 11) is 0. The first-order valence-corrected chi connectivity index (χ1v) is 10.5. The number of benzene rings is 2. The summed E-state index contributed by atoms with van der Waals surface area (Å²) in [5, 5.41) is 2.96. The van der Waals surface area contributed by atoms with Crippen LogP contribution in [0.2, 0.25) is 0 Å². The van der Waals surface area contributed by atoms with E-state index >= 15 is 0 Å². The number of rotatable bonds is 9. The summed E-state index contributed by atoms with van der Waals surface area (Å²) in [4.78, 5) is 27.6. The van der Waals surface area contributed by atoms with Crippen LogP contribution in [0.5, 0.6) is 0 Å². The summed E-state index contributed by atoms with van der Waals surface area (Å²) in [5.74, 6) is -0.133. The zero-order valence-electron chi connectivity index (χ0n) is 18.4. The van der Waals surface area contributed by atoms with Crippen molar-refractivity contribution in [1.29, 1.82) is 0 Å². The lowest BCUT2D eigenvalue weighted by molar-refractivity contribution is -0.140. The highest BCUT2D eigenvalue weighted by molar-refractivity contribution is 5.88. The van der Waals surface area contributed by atoms with E-state index in [1.54, 1.807) is 4.90 Å². The van der Waals surface area contributed by atoms with E-state index in [4.69, 9.17) is 0 Å². The number of nitrogens with one attached hydrogen (secondary N) is 1. The fourth-order valence-electron chi connectivity index (χ4n) is 3.20. The summed E-state index contributed by atoms with van der Waals surface area (Å²) in [5.41, 5.74) is 5.56. The van der Waals surface area contributed by atoms with Crippen molar-refractivity contribution in [2.24, 2.45) is 0 Å². The predicted molar refractivity (Wildman–Crippen MR) is 119 cm³/mol. The highest BCUT2D eigenvalue weighted by Crippen LogP contribution is 2.15. The molecule has 0 saturated carbocycles.